The number of benzene rings is 3. The molecule has 0 aromatic heterocycles. The molecule has 8 heteroatoms. The zero-order valence-corrected chi connectivity index (χ0v) is 20.5. The van der Waals surface area contributed by atoms with Crippen molar-refractivity contribution < 1.29 is 14.3 Å². The van der Waals surface area contributed by atoms with Crippen LogP contribution in [0.1, 0.15) is 27.9 Å². The van der Waals surface area contributed by atoms with Crippen LogP contribution >= 0.6 is 23.2 Å². The van der Waals surface area contributed by atoms with Crippen molar-refractivity contribution in [1.82, 2.24) is 4.90 Å². The summed E-state index contributed by atoms with van der Waals surface area (Å²) in [6.45, 7) is 3.54. The van der Waals surface area contributed by atoms with Gasteiger partial charge in [-0.3, -0.25) is 9.69 Å². The van der Waals surface area contributed by atoms with Crippen molar-refractivity contribution in [2.45, 2.75) is 19.9 Å². The van der Waals surface area contributed by atoms with Crippen molar-refractivity contribution in [3.8, 4) is 5.75 Å². The van der Waals surface area contributed by atoms with Gasteiger partial charge in [-0.15, -0.1) is 0 Å². The van der Waals surface area contributed by atoms with E-state index in [-0.39, 0.29) is 11.9 Å². The summed E-state index contributed by atoms with van der Waals surface area (Å²) in [4.78, 5) is 30.0. The number of urea groups is 1. The lowest BCUT2D eigenvalue weighted by Crippen LogP contribution is -2.49. The Morgan fingerprint density at radius 1 is 1.03 bits per heavy atom. The Kier molecular flexibility index (Phi) is 7.29. The molecule has 0 saturated carbocycles. The molecule has 1 N–H and O–H groups in total. The Morgan fingerprint density at radius 3 is 2.59 bits per heavy atom. The van der Waals surface area contributed by atoms with Gasteiger partial charge in [0.15, 0.2) is 0 Å². The van der Waals surface area contributed by atoms with Gasteiger partial charge in [0.05, 0.1) is 34.1 Å². The minimum absolute atomic E-state index is 0.131. The quantitative estimate of drug-likeness (QED) is 0.428. The van der Waals surface area contributed by atoms with E-state index < -0.39 is 0 Å². The van der Waals surface area contributed by atoms with E-state index in [0.29, 0.717) is 52.4 Å². The summed E-state index contributed by atoms with van der Waals surface area (Å²) in [7, 11) is 1.53. The number of nitrogens with zero attached hydrogens (tertiary/aromatic N) is 2. The fourth-order valence-electron chi connectivity index (χ4n) is 4.02. The second-order valence-electron chi connectivity index (χ2n) is 8.13. The lowest BCUT2D eigenvalue weighted by molar-refractivity contribution is 0.102. The Labute approximate surface area is 209 Å². The second-order valence-corrected chi connectivity index (χ2v) is 8.95. The van der Waals surface area contributed by atoms with Gasteiger partial charge < -0.3 is 15.0 Å². The number of para-hydroxylation sites is 1. The van der Waals surface area contributed by atoms with E-state index in [1.807, 2.05) is 37.3 Å². The molecular weight excluding hydrogens is 473 g/mol. The number of amides is 3. The number of carbonyl (C=O) groups excluding carboxylic acids is 2. The van der Waals surface area contributed by atoms with Crippen LogP contribution in [0.2, 0.25) is 10.0 Å². The highest BCUT2D eigenvalue weighted by molar-refractivity contribution is 6.42. The third-order valence-corrected chi connectivity index (χ3v) is 6.45. The fraction of sp³-hybridized carbons (Fsp3) is 0.231. The summed E-state index contributed by atoms with van der Waals surface area (Å²) < 4.78 is 5.33. The average Bonchev–Trinajstić information content (AvgIpc) is 2.83. The van der Waals surface area contributed by atoms with E-state index in [4.69, 9.17) is 27.9 Å². The summed E-state index contributed by atoms with van der Waals surface area (Å²) >= 11 is 12.2. The van der Waals surface area contributed by atoms with Crippen LogP contribution in [-0.4, -0.2) is 37.0 Å². The number of hydrogen-bond donors (Lipinski definition) is 1. The Balaban J connectivity index is 1.59. The number of methoxy groups -OCH3 is 1. The topological polar surface area (TPSA) is 61.9 Å². The molecule has 0 radical (unpaired) electrons. The molecule has 0 aliphatic carbocycles. The van der Waals surface area contributed by atoms with Gasteiger partial charge in [0.25, 0.3) is 5.91 Å². The van der Waals surface area contributed by atoms with E-state index in [1.165, 1.54) is 7.11 Å². The van der Waals surface area contributed by atoms with Crippen LogP contribution in [0, 0.1) is 6.92 Å². The van der Waals surface area contributed by atoms with Gasteiger partial charge in [-0.05, 0) is 60.9 Å². The average molecular weight is 498 g/mol. The molecule has 34 heavy (non-hydrogen) atoms. The fourth-order valence-corrected chi connectivity index (χ4v) is 4.34. The zero-order chi connectivity index (χ0) is 24.2. The van der Waals surface area contributed by atoms with Crippen LogP contribution < -0.4 is 15.0 Å². The summed E-state index contributed by atoms with van der Waals surface area (Å²) in [6, 6.07) is 17.9. The molecule has 0 spiro atoms. The van der Waals surface area contributed by atoms with E-state index >= 15 is 0 Å². The number of halogens is 2. The van der Waals surface area contributed by atoms with Crippen LogP contribution in [0.25, 0.3) is 0 Å². The van der Waals surface area contributed by atoms with Crippen molar-refractivity contribution in [3.63, 3.8) is 0 Å². The molecule has 1 heterocycles. The maximum absolute atomic E-state index is 13.4. The molecule has 6 nitrogen and oxygen atoms in total. The van der Waals surface area contributed by atoms with E-state index in [1.54, 1.807) is 40.1 Å². The van der Waals surface area contributed by atoms with Crippen LogP contribution in [0.4, 0.5) is 16.2 Å². The van der Waals surface area contributed by atoms with Crippen LogP contribution in [0.5, 0.6) is 5.75 Å². The molecule has 3 aromatic rings. The van der Waals surface area contributed by atoms with Crippen molar-refractivity contribution in [1.29, 1.82) is 0 Å². The zero-order valence-electron chi connectivity index (χ0n) is 19.0. The highest BCUT2D eigenvalue weighted by atomic mass is 35.5. The van der Waals surface area contributed by atoms with Crippen molar-refractivity contribution in [2.24, 2.45) is 0 Å². The minimum Gasteiger partial charge on any atom is -0.496 e. The third kappa shape index (κ3) is 5.13. The SMILES string of the molecule is COc1ccccc1C(=O)Nc1cc(C)ccc1N1CCCN(Cc2ccc(Cl)c(Cl)c2)C1=O. The first-order chi connectivity index (χ1) is 16.4. The molecule has 0 atom stereocenters. The van der Waals surface area contributed by atoms with Gasteiger partial charge in [-0.1, -0.05) is 47.5 Å². The van der Waals surface area contributed by atoms with E-state index in [9.17, 15) is 9.59 Å². The smallest absolute Gasteiger partial charge is 0.324 e. The molecule has 0 unspecified atom stereocenters. The number of anilines is 2. The normalized spacial score (nSPS) is 13.7. The highest BCUT2D eigenvalue weighted by Gasteiger charge is 2.29. The largest absolute Gasteiger partial charge is 0.496 e. The molecule has 1 saturated heterocycles. The summed E-state index contributed by atoms with van der Waals surface area (Å²) in [5.41, 5.74) is 3.51. The molecule has 4 rings (SSSR count). The van der Waals surface area contributed by atoms with Crippen molar-refractivity contribution >= 4 is 46.5 Å². The molecule has 0 bridgehead atoms. The first-order valence-electron chi connectivity index (χ1n) is 10.9. The molecular formula is C26H25Cl2N3O3. The standard InChI is InChI=1S/C26H25Cl2N3O3/c1-17-8-11-23(22(14-17)29-25(32)19-6-3-4-7-24(19)34-2)31-13-5-12-30(26(31)33)16-18-9-10-20(27)21(28)15-18/h3-4,6-11,14-15H,5,12-13,16H2,1-2H3,(H,29,32). The predicted octanol–water partition coefficient (Wildman–Crippen LogP) is 6.40. The monoisotopic (exact) mass is 497 g/mol. The Bertz CT molecular complexity index is 1230. The van der Waals surface area contributed by atoms with E-state index in [2.05, 4.69) is 5.32 Å². The molecule has 3 amide bonds. The number of hydrogen-bond acceptors (Lipinski definition) is 3. The Hall–Kier alpha value is -3.22. The van der Waals surface area contributed by atoms with Gasteiger partial charge in [0, 0.05) is 19.6 Å². The predicted molar refractivity (Wildman–Crippen MR) is 136 cm³/mol. The second kappa shape index (κ2) is 10.4. The van der Waals surface area contributed by atoms with Crippen LogP contribution in [0.3, 0.4) is 0 Å². The van der Waals surface area contributed by atoms with E-state index in [0.717, 1.165) is 17.5 Å². The number of ether oxygens (including phenoxy) is 1. The molecule has 176 valence electrons. The highest BCUT2D eigenvalue weighted by Crippen LogP contribution is 2.32. The third-order valence-electron chi connectivity index (χ3n) is 5.71. The van der Waals surface area contributed by atoms with Crippen LogP contribution in [-0.2, 0) is 6.54 Å². The maximum atomic E-state index is 13.4. The van der Waals surface area contributed by atoms with Gasteiger partial charge in [0.2, 0.25) is 0 Å². The summed E-state index contributed by atoms with van der Waals surface area (Å²) in [6.07, 6.45) is 0.792. The van der Waals surface area contributed by atoms with Gasteiger partial charge >= 0.3 is 6.03 Å². The molecule has 1 aliphatic heterocycles. The number of nitrogens with one attached hydrogen (secondary N) is 1. The lowest BCUT2D eigenvalue weighted by atomic mass is 10.1. The minimum atomic E-state index is -0.304. The number of rotatable bonds is 6. The summed E-state index contributed by atoms with van der Waals surface area (Å²) in [5, 5.41) is 3.91. The van der Waals surface area contributed by atoms with Gasteiger partial charge in [0.1, 0.15) is 5.75 Å². The first-order valence-corrected chi connectivity index (χ1v) is 11.7. The molecule has 1 aliphatic rings. The van der Waals surface area contributed by atoms with Crippen molar-refractivity contribution in [3.05, 3.63) is 87.4 Å². The Morgan fingerprint density at radius 2 is 1.82 bits per heavy atom. The van der Waals surface area contributed by atoms with Gasteiger partial charge in [-0.2, -0.15) is 0 Å². The number of carbonyl (C=O) groups is 2. The van der Waals surface area contributed by atoms with Crippen LogP contribution in [0.15, 0.2) is 60.7 Å². The maximum Gasteiger partial charge on any atom is 0.324 e. The van der Waals surface area contributed by atoms with Crippen molar-refractivity contribution in [2.75, 3.05) is 30.4 Å². The first kappa shape index (κ1) is 23.9. The number of aryl methyl sites for hydroxylation is 1. The van der Waals surface area contributed by atoms with Gasteiger partial charge in [-0.25, -0.2) is 4.79 Å². The lowest BCUT2D eigenvalue weighted by Gasteiger charge is -2.36. The summed E-state index contributed by atoms with van der Waals surface area (Å²) in [5.74, 6) is 0.178. The molecule has 3 aromatic carbocycles. The molecule has 1 fully saturated rings.